The van der Waals surface area contributed by atoms with E-state index in [-0.39, 0.29) is 23.0 Å². The van der Waals surface area contributed by atoms with Gasteiger partial charge in [0.2, 0.25) is 5.91 Å². The minimum Gasteiger partial charge on any atom is -0.465 e. The zero-order chi connectivity index (χ0) is 19.6. The number of anilines is 1. The van der Waals surface area contributed by atoms with Gasteiger partial charge in [0, 0.05) is 32.8 Å². The Bertz CT molecular complexity index is 1060. The van der Waals surface area contributed by atoms with Crippen LogP contribution >= 0.6 is 27.5 Å². The number of methoxy groups -OCH3 is 1. The number of hydrogen-bond acceptors (Lipinski definition) is 4. The normalized spacial score (nSPS) is 10.6. The number of nitrogens with zero attached hydrogens (tertiary/aromatic N) is 1. The number of carbonyl (C=O) groups is 3. The number of carbonyl (C=O) groups excluding carboxylic acids is 3. The van der Waals surface area contributed by atoms with Crippen molar-refractivity contribution in [3.05, 3.63) is 63.2 Å². The number of amides is 1. The fourth-order valence-electron chi connectivity index (χ4n) is 2.75. The van der Waals surface area contributed by atoms with Crippen LogP contribution in [-0.4, -0.2) is 29.8 Å². The van der Waals surface area contributed by atoms with E-state index < -0.39 is 5.97 Å². The largest absolute Gasteiger partial charge is 0.465 e. The summed E-state index contributed by atoms with van der Waals surface area (Å²) in [6.45, 7) is 0.00214. The molecule has 3 rings (SSSR count). The van der Waals surface area contributed by atoms with Crippen molar-refractivity contribution in [1.82, 2.24) is 4.57 Å². The molecule has 0 saturated carbocycles. The Morgan fingerprint density at radius 3 is 2.74 bits per heavy atom. The molecule has 1 heterocycles. The Kier molecular flexibility index (Phi) is 5.62. The third-order valence-electron chi connectivity index (χ3n) is 3.97. The van der Waals surface area contributed by atoms with Gasteiger partial charge in [0.1, 0.15) is 6.54 Å². The standard InChI is InChI=1S/C19H14BrClN2O4/c1-27-19(26)15-7-13(3-4-16(15)21)22-18(25)9-23-8-11(10-24)14-6-12(20)2-5-17(14)23/h2-8,10H,9H2,1H3,(H,22,25). The van der Waals surface area contributed by atoms with E-state index in [4.69, 9.17) is 11.6 Å². The summed E-state index contributed by atoms with van der Waals surface area (Å²) in [6, 6.07) is 10.1. The highest BCUT2D eigenvalue weighted by molar-refractivity contribution is 9.10. The summed E-state index contributed by atoms with van der Waals surface area (Å²) in [7, 11) is 1.25. The number of nitrogens with one attached hydrogen (secondary N) is 1. The SMILES string of the molecule is COC(=O)c1cc(NC(=O)Cn2cc(C=O)c3cc(Br)ccc32)ccc1Cl. The van der Waals surface area contributed by atoms with Crippen molar-refractivity contribution in [3.63, 3.8) is 0 Å². The van der Waals surface area contributed by atoms with Crippen molar-refractivity contribution in [3.8, 4) is 0 Å². The highest BCUT2D eigenvalue weighted by atomic mass is 79.9. The molecule has 3 aromatic rings. The Morgan fingerprint density at radius 1 is 1.26 bits per heavy atom. The van der Waals surface area contributed by atoms with Crippen LogP contribution in [0.1, 0.15) is 20.7 Å². The molecule has 6 nitrogen and oxygen atoms in total. The summed E-state index contributed by atoms with van der Waals surface area (Å²) in [4.78, 5) is 35.5. The van der Waals surface area contributed by atoms with Crippen molar-refractivity contribution < 1.29 is 19.1 Å². The molecular formula is C19H14BrClN2O4. The lowest BCUT2D eigenvalue weighted by molar-refractivity contribution is -0.116. The first-order chi connectivity index (χ1) is 12.9. The third-order valence-corrected chi connectivity index (χ3v) is 4.79. The number of benzene rings is 2. The van der Waals surface area contributed by atoms with Crippen LogP contribution in [0.2, 0.25) is 5.02 Å². The summed E-state index contributed by atoms with van der Waals surface area (Å²) in [5, 5.41) is 3.71. The molecule has 0 aliphatic carbocycles. The highest BCUT2D eigenvalue weighted by Gasteiger charge is 2.14. The van der Waals surface area contributed by atoms with Crippen LogP contribution in [-0.2, 0) is 16.1 Å². The Morgan fingerprint density at radius 2 is 2.04 bits per heavy atom. The predicted octanol–water partition coefficient (Wildman–Crippen LogP) is 4.30. The second kappa shape index (κ2) is 7.94. The fourth-order valence-corrected chi connectivity index (χ4v) is 3.30. The number of aromatic nitrogens is 1. The van der Waals surface area contributed by atoms with Crippen LogP contribution in [0.15, 0.2) is 47.1 Å². The molecule has 0 unspecified atom stereocenters. The molecule has 2 aromatic carbocycles. The number of ether oxygens (including phenoxy) is 1. The molecule has 0 aliphatic rings. The Hall–Kier alpha value is -2.64. The van der Waals surface area contributed by atoms with Crippen molar-refractivity contribution >= 4 is 62.3 Å². The number of rotatable bonds is 5. The van der Waals surface area contributed by atoms with Gasteiger partial charge < -0.3 is 14.6 Å². The lowest BCUT2D eigenvalue weighted by Crippen LogP contribution is -2.18. The van der Waals surface area contributed by atoms with E-state index in [1.807, 2.05) is 18.2 Å². The van der Waals surface area contributed by atoms with E-state index in [2.05, 4.69) is 26.0 Å². The molecule has 0 bridgehead atoms. The Balaban J connectivity index is 1.84. The minimum absolute atomic E-state index is 0.00214. The predicted molar refractivity (Wildman–Crippen MR) is 106 cm³/mol. The van der Waals surface area contributed by atoms with Gasteiger partial charge in [-0.25, -0.2) is 4.79 Å². The van der Waals surface area contributed by atoms with Gasteiger partial charge in [0.25, 0.3) is 0 Å². The van der Waals surface area contributed by atoms with Gasteiger partial charge in [-0.15, -0.1) is 0 Å². The summed E-state index contributed by atoms with van der Waals surface area (Å²) in [5.74, 6) is -0.904. The second-order valence-electron chi connectivity index (χ2n) is 5.73. The van der Waals surface area contributed by atoms with Gasteiger partial charge >= 0.3 is 5.97 Å². The average molecular weight is 450 g/mol. The van der Waals surface area contributed by atoms with Crippen LogP contribution in [0.25, 0.3) is 10.9 Å². The minimum atomic E-state index is -0.589. The van der Waals surface area contributed by atoms with Gasteiger partial charge in [0.05, 0.1) is 17.7 Å². The highest BCUT2D eigenvalue weighted by Crippen LogP contribution is 2.25. The molecule has 1 aromatic heterocycles. The Labute approximate surface area is 168 Å². The summed E-state index contributed by atoms with van der Waals surface area (Å²) in [6.07, 6.45) is 2.39. The van der Waals surface area contributed by atoms with Crippen molar-refractivity contribution in [2.45, 2.75) is 6.54 Å². The smallest absolute Gasteiger partial charge is 0.339 e. The van der Waals surface area contributed by atoms with E-state index in [9.17, 15) is 14.4 Å². The number of halogens is 2. The monoisotopic (exact) mass is 448 g/mol. The lowest BCUT2D eigenvalue weighted by atomic mass is 10.2. The molecule has 0 fully saturated rings. The van der Waals surface area contributed by atoms with E-state index in [0.29, 0.717) is 11.3 Å². The summed E-state index contributed by atoms with van der Waals surface area (Å²) in [5.41, 5.74) is 1.84. The lowest BCUT2D eigenvalue weighted by Gasteiger charge is -2.09. The van der Waals surface area contributed by atoms with Crippen LogP contribution < -0.4 is 5.32 Å². The fraction of sp³-hybridized carbons (Fsp3) is 0.105. The molecular weight excluding hydrogens is 436 g/mol. The van der Waals surface area contributed by atoms with Crippen LogP contribution in [0.3, 0.4) is 0 Å². The molecule has 138 valence electrons. The van der Waals surface area contributed by atoms with Crippen molar-refractivity contribution in [2.75, 3.05) is 12.4 Å². The van der Waals surface area contributed by atoms with Gasteiger partial charge in [-0.2, -0.15) is 0 Å². The van der Waals surface area contributed by atoms with Gasteiger partial charge in [0.15, 0.2) is 6.29 Å². The van der Waals surface area contributed by atoms with E-state index in [1.54, 1.807) is 16.8 Å². The number of hydrogen-bond donors (Lipinski definition) is 1. The third kappa shape index (κ3) is 4.04. The quantitative estimate of drug-likeness (QED) is 0.465. The molecule has 1 N–H and O–H groups in total. The molecule has 27 heavy (non-hydrogen) atoms. The number of aldehydes is 1. The van der Waals surface area contributed by atoms with E-state index in [1.165, 1.54) is 19.2 Å². The maximum atomic E-state index is 12.4. The maximum absolute atomic E-state index is 12.4. The molecule has 0 atom stereocenters. The molecule has 1 amide bonds. The van der Waals surface area contributed by atoms with E-state index in [0.717, 1.165) is 21.7 Å². The molecule has 0 aliphatic heterocycles. The first-order valence-corrected chi connectivity index (χ1v) is 9.01. The first kappa shape index (κ1) is 19.1. The summed E-state index contributed by atoms with van der Waals surface area (Å²) >= 11 is 9.36. The van der Waals surface area contributed by atoms with Gasteiger partial charge in [-0.05, 0) is 36.4 Å². The zero-order valence-corrected chi connectivity index (χ0v) is 16.5. The molecule has 8 heteroatoms. The van der Waals surface area contributed by atoms with Gasteiger partial charge in [-0.3, -0.25) is 9.59 Å². The van der Waals surface area contributed by atoms with Crippen LogP contribution in [0, 0.1) is 0 Å². The van der Waals surface area contributed by atoms with Crippen molar-refractivity contribution in [2.24, 2.45) is 0 Å². The molecule has 0 saturated heterocycles. The number of esters is 1. The molecule has 0 radical (unpaired) electrons. The van der Waals surface area contributed by atoms with Crippen molar-refractivity contribution in [1.29, 1.82) is 0 Å². The second-order valence-corrected chi connectivity index (χ2v) is 7.05. The number of fused-ring (bicyclic) bond motifs is 1. The molecule has 0 spiro atoms. The van der Waals surface area contributed by atoms with Gasteiger partial charge in [-0.1, -0.05) is 27.5 Å². The summed E-state index contributed by atoms with van der Waals surface area (Å²) < 4.78 is 7.21. The maximum Gasteiger partial charge on any atom is 0.339 e. The topological polar surface area (TPSA) is 77.4 Å². The first-order valence-electron chi connectivity index (χ1n) is 7.84. The zero-order valence-electron chi connectivity index (χ0n) is 14.2. The van der Waals surface area contributed by atoms with Crippen LogP contribution in [0.5, 0.6) is 0 Å². The van der Waals surface area contributed by atoms with Crippen LogP contribution in [0.4, 0.5) is 5.69 Å². The average Bonchev–Trinajstić information content (AvgIpc) is 2.99. The van der Waals surface area contributed by atoms with E-state index >= 15 is 0 Å².